The molecule has 100 valence electrons. The van der Waals surface area contributed by atoms with Crippen LogP contribution >= 0.6 is 0 Å². The molecular formula is C15H24N2O. The second kappa shape index (κ2) is 5.06. The quantitative estimate of drug-likeness (QED) is 0.891. The molecular weight excluding hydrogens is 224 g/mol. The number of hydrogen-bond acceptors (Lipinski definition) is 3. The number of nitrogens with zero attached hydrogens (tertiary/aromatic N) is 1. The van der Waals surface area contributed by atoms with Crippen LogP contribution in [-0.4, -0.2) is 24.0 Å². The van der Waals surface area contributed by atoms with Crippen molar-refractivity contribution >= 4 is 0 Å². The van der Waals surface area contributed by atoms with Gasteiger partial charge in [0.25, 0.3) is 0 Å². The molecule has 0 spiro atoms. The Morgan fingerprint density at radius 3 is 2.67 bits per heavy atom. The lowest BCUT2D eigenvalue weighted by molar-refractivity contribution is 0.170. The molecule has 3 rings (SSSR count). The largest absolute Gasteiger partial charge is 0.468 e. The average molecular weight is 248 g/mol. The lowest BCUT2D eigenvalue weighted by Gasteiger charge is -2.31. The third-order valence-corrected chi connectivity index (χ3v) is 4.86. The first kappa shape index (κ1) is 12.2. The van der Waals surface area contributed by atoms with Crippen LogP contribution in [0.4, 0.5) is 0 Å². The zero-order valence-corrected chi connectivity index (χ0v) is 11.2. The molecule has 2 heterocycles. The van der Waals surface area contributed by atoms with Crippen molar-refractivity contribution in [1.29, 1.82) is 0 Å². The number of fused-ring (bicyclic) bond motifs is 1. The highest BCUT2D eigenvalue weighted by atomic mass is 16.3. The van der Waals surface area contributed by atoms with Crippen LogP contribution in [0.15, 0.2) is 22.8 Å². The number of furan rings is 1. The van der Waals surface area contributed by atoms with Crippen molar-refractivity contribution in [3.63, 3.8) is 0 Å². The Balaban J connectivity index is 1.78. The van der Waals surface area contributed by atoms with Gasteiger partial charge in [-0.2, -0.15) is 0 Å². The van der Waals surface area contributed by atoms with Gasteiger partial charge in [-0.1, -0.05) is 13.3 Å². The van der Waals surface area contributed by atoms with Crippen LogP contribution in [0.25, 0.3) is 0 Å². The van der Waals surface area contributed by atoms with Crippen LogP contribution in [0, 0.1) is 11.8 Å². The van der Waals surface area contributed by atoms with Crippen LogP contribution in [0.3, 0.4) is 0 Å². The maximum Gasteiger partial charge on any atom is 0.122 e. The average Bonchev–Trinajstić information content (AvgIpc) is 3.04. The molecule has 0 radical (unpaired) electrons. The summed E-state index contributed by atoms with van der Waals surface area (Å²) in [4.78, 5) is 2.57. The van der Waals surface area contributed by atoms with Crippen molar-refractivity contribution in [3.8, 4) is 0 Å². The summed E-state index contributed by atoms with van der Waals surface area (Å²) >= 11 is 0. The summed E-state index contributed by atoms with van der Waals surface area (Å²) in [6, 6.07) is 4.50. The van der Waals surface area contributed by atoms with E-state index in [1.165, 1.54) is 32.4 Å². The zero-order valence-electron chi connectivity index (χ0n) is 11.2. The van der Waals surface area contributed by atoms with Gasteiger partial charge in [-0.25, -0.2) is 0 Å². The van der Waals surface area contributed by atoms with Crippen molar-refractivity contribution in [2.75, 3.05) is 13.1 Å². The first-order valence-corrected chi connectivity index (χ1v) is 7.32. The van der Waals surface area contributed by atoms with Gasteiger partial charge in [0.05, 0.1) is 12.3 Å². The van der Waals surface area contributed by atoms with Crippen LogP contribution < -0.4 is 5.73 Å². The van der Waals surface area contributed by atoms with Gasteiger partial charge >= 0.3 is 0 Å². The molecule has 0 aromatic carbocycles. The van der Waals surface area contributed by atoms with E-state index in [1.54, 1.807) is 6.26 Å². The zero-order chi connectivity index (χ0) is 12.5. The van der Waals surface area contributed by atoms with Crippen LogP contribution in [0.2, 0.25) is 0 Å². The van der Waals surface area contributed by atoms with E-state index in [-0.39, 0.29) is 12.1 Å². The first-order valence-electron chi connectivity index (χ1n) is 7.32. The smallest absolute Gasteiger partial charge is 0.122 e. The second-order valence-corrected chi connectivity index (χ2v) is 5.94. The summed E-state index contributed by atoms with van der Waals surface area (Å²) in [6.45, 7) is 4.59. The maximum atomic E-state index is 6.34. The molecule has 1 aromatic rings. The van der Waals surface area contributed by atoms with Crippen molar-refractivity contribution in [3.05, 3.63) is 24.2 Å². The highest BCUT2D eigenvalue weighted by molar-refractivity contribution is 5.09. The molecule has 1 aliphatic carbocycles. The second-order valence-electron chi connectivity index (χ2n) is 5.94. The Labute approximate surface area is 109 Å². The topological polar surface area (TPSA) is 42.4 Å². The molecule has 3 nitrogen and oxygen atoms in total. The Hall–Kier alpha value is -0.800. The molecule has 1 aromatic heterocycles. The van der Waals surface area contributed by atoms with E-state index in [1.807, 2.05) is 6.07 Å². The highest BCUT2D eigenvalue weighted by Crippen LogP contribution is 2.41. The Kier molecular flexibility index (Phi) is 3.44. The molecule has 1 aliphatic heterocycles. The molecule has 2 fully saturated rings. The normalized spacial score (nSPS) is 31.4. The molecule has 3 heteroatoms. The summed E-state index contributed by atoms with van der Waals surface area (Å²) in [7, 11) is 0. The Morgan fingerprint density at radius 1 is 1.39 bits per heavy atom. The standard InChI is InChI=1S/C15H24N2O/c1-2-13(16)15(14-7-4-8-18-14)17-9-11-5-3-6-12(11)10-17/h4,7-8,11-13,15H,2-3,5-6,9-10,16H2,1H3. The van der Waals surface area contributed by atoms with E-state index >= 15 is 0 Å². The molecule has 4 atom stereocenters. The van der Waals surface area contributed by atoms with E-state index in [2.05, 4.69) is 17.9 Å². The van der Waals surface area contributed by atoms with Crippen LogP contribution in [0.1, 0.15) is 44.4 Å². The van der Waals surface area contributed by atoms with Crippen molar-refractivity contribution in [1.82, 2.24) is 4.90 Å². The minimum atomic E-state index is 0.176. The Bertz CT molecular complexity index is 364. The number of nitrogens with two attached hydrogens (primary N) is 1. The molecule has 1 saturated carbocycles. The molecule has 2 N–H and O–H groups in total. The van der Waals surface area contributed by atoms with Gasteiger partial charge in [0, 0.05) is 19.1 Å². The fraction of sp³-hybridized carbons (Fsp3) is 0.733. The van der Waals surface area contributed by atoms with Gasteiger partial charge in [0.1, 0.15) is 5.76 Å². The van der Waals surface area contributed by atoms with E-state index in [0.29, 0.717) is 0 Å². The summed E-state index contributed by atoms with van der Waals surface area (Å²) in [5.41, 5.74) is 6.34. The lowest BCUT2D eigenvalue weighted by Crippen LogP contribution is -2.40. The van der Waals surface area contributed by atoms with Crippen molar-refractivity contribution in [2.24, 2.45) is 17.6 Å². The number of hydrogen-bond donors (Lipinski definition) is 1. The molecule has 0 bridgehead atoms. The van der Waals surface area contributed by atoms with Crippen LogP contribution in [-0.2, 0) is 0 Å². The number of likely N-dealkylation sites (tertiary alicyclic amines) is 1. The summed E-state index contributed by atoms with van der Waals surface area (Å²) < 4.78 is 5.63. The van der Waals surface area contributed by atoms with Gasteiger partial charge < -0.3 is 10.2 Å². The van der Waals surface area contributed by atoms with Gasteiger partial charge in [-0.3, -0.25) is 4.90 Å². The predicted molar refractivity (Wildman–Crippen MR) is 72.1 cm³/mol. The highest BCUT2D eigenvalue weighted by Gasteiger charge is 2.41. The van der Waals surface area contributed by atoms with E-state index in [0.717, 1.165) is 24.0 Å². The SMILES string of the molecule is CCC(N)C(c1ccco1)N1CC2CCCC2C1. The minimum absolute atomic E-state index is 0.176. The maximum absolute atomic E-state index is 6.34. The first-order chi connectivity index (χ1) is 8.79. The Morgan fingerprint density at radius 2 is 2.11 bits per heavy atom. The lowest BCUT2D eigenvalue weighted by atomic mass is 10.0. The molecule has 4 unspecified atom stereocenters. The molecule has 2 aliphatic rings. The van der Waals surface area contributed by atoms with Gasteiger partial charge in [0.2, 0.25) is 0 Å². The monoisotopic (exact) mass is 248 g/mol. The van der Waals surface area contributed by atoms with E-state index in [9.17, 15) is 0 Å². The fourth-order valence-electron chi connectivity index (χ4n) is 3.84. The van der Waals surface area contributed by atoms with Gasteiger partial charge in [0.15, 0.2) is 0 Å². The van der Waals surface area contributed by atoms with Crippen LogP contribution in [0.5, 0.6) is 0 Å². The van der Waals surface area contributed by atoms with Gasteiger partial charge in [-0.05, 0) is 43.2 Å². The molecule has 1 saturated heterocycles. The van der Waals surface area contributed by atoms with Crippen molar-refractivity contribution < 1.29 is 4.42 Å². The van der Waals surface area contributed by atoms with E-state index in [4.69, 9.17) is 10.2 Å². The third-order valence-electron chi connectivity index (χ3n) is 4.86. The molecule has 18 heavy (non-hydrogen) atoms. The summed E-state index contributed by atoms with van der Waals surface area (Å²) in [5, 5.41) is 0. The van der Waals surface area contributed by atoms with Crippen molar-refractivity contribution in [2.45, 2.75) is 44.7 Å². The third kappa shape index (κ3) is 2.10. The summed E-state index contributed by atoms with van der Waals surface area (Å²) in [6.07, 6.45) is 7.01. The van der Waals surface area contributed by atoms with Gasteiger partial charge in [-0.15, -0.1) is 0 Å². The van der Waals surface area contributed by atoms with E-state index < -0.39 is 0 Å². The molecule has 0 amide bonds. The summed E-state index contributed by atoms with van der Waals surface area (Å²) in [5.74, 6) is 2.86. The predicted octanol–water partition coefficient (Wildman–Crippen LogP) is 2.79. The fourth-order valence-corrected chi connectivity index (χ4v) is 3.84. The minimum Gasteiger partial charge on any atom is -0.468 e. The number of rotatable bonds is 4.